The van der Waals surface area contributed by atoms with E-state index in [0.717, 1.165) is 0 Å². The van der Waals surface area contributed by atoms with E-state index in [1.165, 1.54) is 0 Å². The summed E-state index contributed by atoms with van der Waals surface area (Å²) < 4.78 is 10.3. The van der Waals surface area contributed by atoms with E-state index in [9.17, 15) is 9.36 Å². The lowest BCUT2D eigenvalue weighted by molar-refractivity contribution is -0.162. The van der Waals surface area contributed by atoms with E-state index >= 15 is 0 Å². The molecule has 0 aliphatic carbocycles. The maximum atomic E-state index is 10.6. The lowest BCUT2D eigenvalue weighted by atomic mass is 10.4. The Labute approximate surface area is 80.2 Å². The highest BCUT2D eigenvalue weighted by molar-refractivity contribution is 7.51. The largest absolute Gasteiger partial charge is 0.325 e. The van der Waals surface area contributed by atoms with Crippen LogP contribution in [-0.2, 0) is 9.36 Å². The lowest BCUT2D eigenvalue weighted by Gasteiger charge is -2.13. The predicted molar refractivity (Wildman–Crippen MR) is 45.7 cm³/mol. The molecule has 0 aromatic heterocycles. The summed E-state index contributed by atoms with van der Waals surface area (Å²) in [5, 5.41) is 9.21. The quantitative estimate of drug-likeness (QED) is 0.268. The molecular formula is C5H11ClNO5P. The monoisotopic (exact) mass is 231 g/mol. The van der Waals surface area contributed by atoms with Crippen LogP contribution in [-0.4, -0.2) is 44.6 Å². The second-order valence-electron chi connectivity index (χ2n) is 2.39. The Morgan fingerprint density at radius 1 is 1.46 bits per heavy atom. The minimum atomic E-state index is -4.04. The predicted octanol–water partition coefficient (Wildman–Crippen LogP) is 0.0108. The van der Waals surface area contributed by atoms with Crippen LogP contribution in [0.3, 0.4) is 0 Å². The zero-order valence-electron chi connectivity index (χ0n) is 6.76. The number of hydroxylamine groups is 2. The number of halogens is 1. The third-order valence-corrected chi connectivity index (χ3v) is 2.35. The van der Waals surface area contributed by atoms with E-state index in [1.54, 1.807) is 0 Å². The molecule has 0 spiro atoms. The van der Waals surface area contributed by atoms with Crippen molar-refractivity contribution in [3.8, 4) is 0 Å². The van der Waals surface area contributed by atoms with E-state index in [2.05, 4.69) is 0 Å². The van der Waals surface area contributed by atoms with Crippen molar-refractivity contribution in [1.29, 1.82) is 0 Å². The van der Waals surface area contributed by atoms with Crippen molar-refractivity contribution in [3.05, 3.63) is 0 Å². The Hall–Kier alpha value is -0.130. The smallest absolute Gasteiger partial charge is 0.324 e. The molecule has 0 fully saturated rings. The highest BCUT2D eigenvalue weighted by Gasteiger charge is 2.14. The number of alkyl halides is 1. The van der Waals surface area contributed by atoms with Crippen LogP contribution in [0.2, 0.25) is 0 Å². The summed E-state index contributed by atoms with van der Waals surface area (Å²) in [5.74, 6) is -1.04. The van der Waals surface area contributed by atoms with Gasteiger partial charge < -0.3 is 9.79 Å². The molecule has 1 amide bonds. The number of amides is 1. The first-order chi connectivity index (χ1) is 5.87. The molecule has 6 nitrogen and oxygen atoms in total. The molecule has 0 aromatic rings. The topological polar surface area (TPSA) is 98.1 Å². The van der Waals surface area contributed by atoms with Gasteiger partial charge >= 0.3 is 7.60 Å². The molecule has 8 heteroatoms. The Bertz CT molecular complexity index is 217. The fraction of sp³-hybridized carbons (Fsp3) is 0.800. The van der Waals surface area contributed by atoms with Gasteiger partial charge in [0.15, 0.2) is 0 Å². The zero-order valence-corrected chi connectivity index (χ0v) is 8.41. The molecule has 0 atom stereocenters. The number of carbonyl (C=O) groups excluding carboxylic acids is 1. The Morgan fingerprint density at radius 3 is 2.38 bits per heavy atom. The summed E-state index contributed by atoms with van der Waals surface area (Å²) in [4.78, 5) is 27.5. The van der Waals surface area contributed by atoms with Crippen molar-refractivity contribution in [2.45, 2.75) is 6.42 Å². The van der Waals surface area contributed by atoms with Crippen LogP contribution < -0.4 is 0 Å². The van der Waals surface area contributed by atoms with Crippen LogP contribution >= 0.6 is 19.2 Å². The number of hydrogen-bond donors (Lipinski definition) is 3. The standard InChI is InChI=1S/C5H11ClNO5P/c6-4-5(8)7(9)2-1-3-13(10,11)12/h9H,1-4H2,(H2,10,11,12). The number of hydrogen-bond acceptors (Lipinski definition) is 3. The van der Waals surface area contributed by atoms with Crippen LogP contribution in [0.1, 0.15) is 6.42 Å². The molecule has 0 radical (unpaired) electrons. The summed E-state index contributed by atoms with van der Waals surface area (Å²) in [5.41, 5.74) is 0. The third-order valence-electron chi connectivity index (χ3n) is 1.22. The summed E-state index contributed by atoms with van der Waals surface area (Å²) in [7, 11) is -4.04. The van der Waals surface area contributed by atoms with Gasteiger partial charge in [0.25, 0.3) is 5.91 Å². The van der Waals surface area contributed by atoms with Crippen molar-refractivity contribution >= 4 is 25.1 Å². The molecule has 0 heterocycles. The molecule has 0 aliphatic heterocycles. The van der Waals surface area contributed by atoms with Gasteiger partial charge in [-0.2, -0.15) is 0 Å². The van der Waals surface area contributed by atoms with E-state index in [-0.39, 0.29) is 25.0 Å². The molecule has 0 rings (SSSR count). The summed E-state index contributed by atoms with van der Waals surface area (Å²) in [6.45, 7) is -0.128. The van der Waals surface area contributed by atoms with E-state index in [1.807, 2.05) is 0 Å². The SMILES string of the molecule is O=C(CCl)N(O)CCCP(=O)(O)O. The molecule has 0 aliphatic rings. The van der Waals surface area contributed by atoms with Gasteiger partial charge in [-0.25, -0.2) is 5.06 Å². The highest BCUT2D eigenvalue weighted by Crippen LogP contribution is 2.34. The third kappa shape index (κ3) is 6.98. The van der Waals surface area contributed by atoms with Gasteiger partial charge in [-0.1, -0.05) is 0 Å². The molecule has 78 valence electrons. The van der Waals surface area contributed by atoms with Gasteiger partial charge in [0.2, 0.25) is 0 Å². The molecule has 0 saturated heterocycles. The van der Waals surface area contributed by atoms with Gasteiger partial charge in [0.1, 0.15) is 5.88 Å². The van der Waals surface area contributed by atoms with Crippen LogP contribution in [0.15, 0.2) is 0 Å². The van der Waals surface area contributed by atoms with Crippen LogP contribution in [0.25, 0.3) is 0 Å². The molecule has 0 saturated carbocycles. The summed E-state index contributed by atoms with van der Waals surface area (Å²) in [6, 6.07) is 0. The van der Waals surface area contributed by atoms with E-state index < -0.39 is 13.5 Å². The Balaban J connectivity index is 3.66. The average molecular weight is 232 g/mol. The number of nitrogens with zero attached hydrogens (tertiary/aromatic N) is 1. The maximum Gasteiger partial charge on any atom is 0.325 e. The van der Waals surface area contributed by atoms with Gasteiger partial charge in [-0.05, 0) is 6.42 Å². The van der Waals surface area contributed by atoms with Crippen LogP contribution in [0, 0.1) is 0 Å². The fourth-order valence-electron chi connectivity index (χ4n) is 0.620. The zero-order chi connectivity index (χ0) is 10.5. The second-order valence-corrected chi connectivity index (χ2v) is 4.44. The minimum Gasteiger partial charge on any atom is -0.324 e. The average Bonchev–Trinajstić information content (AvgIpc) is 2.00. The van der Waals surface area contributed by atoms with Crippen LogP contribution in [0.4, 0.5) is 0 Å². The molecule has 13 heavy (non-hydrogen) atoms. The summed E-state index contributed by atoms with van der Waals surface area (Å²) >= 11 is 5.11. The molecule has 3 N–H and O–H groups in total. The van der Waals surface area contributed by atoms with E-state index in [0.29, 0.717) is 5.06 Å². The van der Waals surface area contributed by atoms with E-state index in [4.69, 9.17) is 26.6 Å². The van der Waals surface area contributed by atoms with Crippen molar-refractivity contribution in [3.63, 3.8) is 0 Å². The number of rotatable bonds is 5. The Morgan fingerprint density at radius 2 is 2.00 bits per heavy atom. The van der Waals surface area contributed by atoms with Gasteiger partial charge in [-0.15, -0.1) is 11.6 Å². The molecular weight excluding hydrogens is 220 g/mol. The van der Waals surface area contributed by atoms with Gasteiger partial charge in [0.05, 0.1) is 6.16 Å². The number of carbonyl (C=O) groups is 1. The lowest BCUT2D eigenvalue weighted by Crippen LogP contribution is -2.29. The van der Waals surface area contributed by atoms with Crippen molar-refractivity contribution in [1.82, 2.24) is 5.06 Å². The first-order valence-corrected chi connectivity index (χ1v) is 5.80. The van der Waals surface area contributed by atoms with Crippen molar-refractivity contribution in [2.24, 2.45) is 0 Å². The molecule has 0 unspecified atom stereocenters. The molecule has 0 aromatic carbocycles. The van der Waals surface area contributed by atoms with Crippen LogP contribution in [0.5, 0.6) is 0 Å². The highest BCUT2D eigenvalue weighted by atomic mass is 35.5. The minimum absolute atomic E-state index is 0.0312. The Kier molecular flexibility index (Phi) is 5.51. The molecule has 0 bridgehead atoms. The first kappa shape index (κ1) is 12.9. The summed E-state index contributed by atoms with van der Waals surface area (Å²) in [6.07, 6.45) is -0.330. The maximum absolute atomic E-state index is 10.6. The fourth-order valence-corrected chi connectivity index (χ4v) is 1.31. The van der Waals surface area contributed by atoms with Gasteiger partial charge in [-0.3, -0.25) is 14.6 Å². The normalized spacial score (nSPS) is 11.4. The van der Waals surface area contributed by atoms with Gasteiger partial charge in [0, 0.05) is 6.54 Å². The van der Waals surface area contributed by atoms with Crippen molar-refractivity contribution < 1.29 is 24.4 Å². The van der Waals surface area contributed by atoms with Crippen molar-refractivity contribution in [2.75, 3.05) is 18.6 Å². The first-order valence-electron chi connectivity index (χ1n) is 3.46. The second kappa shape index (κ2) is 5.57.